The summed E-state index contributed by atoms with van der Waals surface area (Å²) >= 11 is 5.22. The molecule has 76 valence electrons. The minimum Gasteiger partial charge on any atom is -0.363 e. The maximum atomic E-state index is 5.22. The Kier molecular flexibility index (Phi) is 3.89. The van der Waals surface area contributed by atoms with Crippen LogP contribution in [0.1, 0.15) is 12.5 Å². The molecule has 0 unspecified atom stereocenters. The van der Waals surface area contributed by atoms with Crippen molar-refractivity contribution in [3.05, 3.63) is 29.8 Å². The number of aryl methyl sites for hydroxylation is 1. The van der Waals surface area contributed by atoms with Crippen molar-refractivity contribution >= 4 is 23.0 Å². The van der Waals surface area contributed by atoms with Crippen molar-refractivity contribution in [1.82, 2.24) is 5.32 Å². The van der Waals surface area contributed by atoms with Crippen LogP contribution >= 0.6 is 12.2 Å². The lowest BCUT2D eigenvalue weighted by atomic mass is 10.2. The van der Waals surface area contributed by atoms with Gasteiger partial charge in [0.05, 0.1) is 0 Å². The highest BCUT2D eigenvalue weighted by molar-refractivity contribution is 7.80. The van der Waals surface area contributed by atoms with Gasteiger partial charge in [0, 0.05) is 19.3 Å². The Balaban J connectivity index is 2.78. The molecular formula is C11H16N2S. The summed E-state index contributed by atoms with van der Waals surface area (Å²) in [7, 11) is 1.97. The molecule has 1 rings (SSSR count). The molecule has 1 aromatic carbocycles. The first-order valence-electron chi connectivity index (χ1n) is 4.73. The van der Waals surface area contributed by atoms with Crippen molar-refractivity contribution in [3.8, 4) is 0 Å². The highest BCUT2D eigenvalue weighted by atomic mass is 32.1. The molecule has 0 atom stereocenters. The molecule has 0 aromatic heterocycles. The first-order valence-corrected chi connectivity index (χ1v) is 5.14. The van der Waals surface area contributed by atoms with E-state index in [0.717, 1.165) is 17.3 Å². The van der Waals surface area contributed by atoms with Crippen LogP contribution in [0.25, 0.3) is 0 Å². The summed E-state index contributed by atoms with van der Waals surface area (Å²) in [6, 6.07) is 8.28. The van der Waals surface area contributed by atoms with E-state index in [-0.39, 0.29) is 0 Å². The molecule has 0 bridgehead atoms. The Bertz CT molecular complexity index is 323. The Morgan fingerprint density at radius 1 is 1.50 bits per heavy atom. The van der Waals surface area contributed by atoms with Crippen LogP contribution < -0.4 is 10.2 Å². The summed E-state index contributed by atoms with van der Waals surface area (Å²) in [6.07, 6.45) is 0. The highest BCUT2D eigenvalue weighted by Crippen LogP contribution is 2.13. The molecular weight excluding hydrogens is 192 g/mol. The molecule has 0 spiro atoms. The highest BCUT2D eigenvalue weighted by Gasteiger charge is 2.04. The van der Waals surface area contributed by atoms with E-state index >= 15 is 0 Å². The lowest BCUT2D eigenvalue weighted by Crippen LogP contribution is -2.36. The topological polar surface area (TPSA) is 15.3 Å². The van der Waals surface area contributed by atoms with Crippen LogP contribution in [-0.2, 0) is 0 Å². The molecule has 2 nitrogen and oxygen atoms in total. The number of benzene rings is 1. The summed E-state index contributed by atoms with van der Waals surface area (Å²) in [4.78, 5) is 1.98. The second-order valence-corrected chi connectivity index (χ2v) is 3.62. The first-order chi connectivity index (χ1) is 6.65. The zero-order valence-corrected chi connectivity index (χ0v) is 9.69. The summed E-state index contributed by atoms with van der Waals surface area (Å²) in [5, 5.41) is 3.88. The third-order valence-corrected chi connectivity index (χ3v) is 2.44. The molecule has 0 saturated carbocycles. The molecule has 0 radical (unpaired) electrons. The Labute approximate surface area is 90.9 Å². The van der Waals surface area contributed by atoms with Crippen LogP contribution in [-0.4, -0.2) is 18.7 Å². The number of thiocarbonyl (C=S) groups is 1. The molecule has 1 N–H and O–H groups in total. The largest absolute Gasteiger partial charge is 0.363 e. The Morgan fingerprint density at radius 2 is 2.21 bits per heavy atom. The first kappa shape index (κ1) is 11.0. The molecule has 0 heterocycles. The number of nitrogens with one attached hydrogen (secondary N) is 1. The van der Waals surface area contributed by atoms with Gasteiger partial charge in [-0.2, -0.15) is 0 Å². The van der Waals surface area contributed by atoms with Crippen molar-refractivity contribution in [2.45, 2.75) is 13.8 Å². The quantitative estimate of drug-likeness (QED) is 0.751. The van der Waals surface area contributed by atoms with Crippen LogP contribution in [0.4, 0.5) is 5.69 Å². The average molecular weight is 208 g/mol. The number of rotatable bonds is 2. The van der Waals surface area contributed by atoms with Crippen molar-refractivity contribution in [1.29, 1.82) is 0 Å². The minimum atomic E-state index is 0.762. The molecule has 0 fully saturated rings. The standard InChI is InChI=1S/C11H16N2S/c1-4-12-11(14)13(3)10-7-5-6-9(2)8-10/h5-8H,4H2,1-3H3,(H,12,14). The van der Waals surface area contributed by atoms with Crippen molar-refractivity contribution in [2.24, 2.45) is 0 Å². The van der Waals surface area contributed by atoms with Gasteiger partial charge in [-0.15, -0.1) is 0 Å². The van der Waals surface area contributed by atoms with E-state index in [0.29, 0.717) is 0 Å². The number of hydrogen-bond donors (Lipinski definition) is 1. The zero-order chi connectivity index (χ0) is 10.6. The fourth-order valence-corrected chi connectivity index (χ4v) is 1.47. The van der Waals surface area contributed by atoms with Gasteiger partial charge in [-0.25, -0.2) is 0 Å². The van der Waals surface area contributed by atoms with Gasteiger partial charge >= 0.3 is 0 Å². The van der Waals surface area contributed by atoms with E-state index in [4.69, 9.17) is 12.2 Å². The van der Waals surface area contributed by atoms with Gasteiger partial charge in [0.15, 0.2) is 5.11 Å². The Morgan fingerprint density at radius 3 is 2.79 bits per heavy atom. The monoisotopic (exact) mass is 208 g/mol. The van der Waals surface area contributed by atoms with E-state index in [9.17, 15) is 0 Å². The fraction of sp³-hybridized carbons (Fsp3) is 0.364. The van der Waals surface area contributed by atoms with Gasteiger partial charge in [0.25, 0.3) is 0 Å². The maximum absolute atomic E-state index is 5.22. The molecule has 0 aliphatic heterocycles. The van der Waals surface area contributed by atoms with Gasteiger partial charge in [-0.05, 0) is 43.8 Å². The van der Waals surface area contributed by atoms with Gasteiger partial charge in [0.1, 0.15) is 0 Å². The zero-order valence-electron chi connectivity index (χ0n) is 8.87. The van der Waals surface area contributed by atoms with E-state index in [1.807, 2.05) is 24.9 Å². The molecule has 14 heavy (non-hydrogen) atoms. The maximum Gasteiger partial charge on any atom is 0.173 e. The molecule has 0 saturated heterocycles. The predicted octanol–water partition coefficient (Wildman–Crippen LogP) is 2.33. The summed E-state index contributed by atoms with van der Waals surface area (Å²) < 4.78 is 0. The SMILES string of the molecule is CCNC(=S)N(C)c1cccc(C)c1. The van der Waals surface area contributed by atoms with Crippen LogP contribution in [0.3, 0.4) is 0 Å². The molecule has 0 aliphatic carbocycles. The molecule has 3 heteroatoms. The minimum absolute atomic E-state index is 0.762. The molecule has 0 aliphatic rings. The number of anilines is 1. The van der Waals surface area contributed by atoms with Crippen molar-refractivity contribution < 1.29 is 0 Å². The van der Waals surface area contributed by atoms with Crippen molar-refractivity contribution in [2.75, 3.05) is 18.5 Å². The molecule has 1 aromatic rings. The van der Waals surface area contributed by atoms with E-state index in [1.54, 1.807) is 0 Å². The van der Waals surface area contributed by atoms with Crippen molar-refractivity contribution in [3.63, 3.8) is 0 Å². The third kappa shape index (κ3) is 2.70. The lowest BCUT2D eigenvalue weighted by molar-refractivity contribution is 0.956. The Hall–Kier alpha value is -1.09. The second kappa shape index (κ2) is 4.96. The van der Waals surface area contributed by atoms with Crippen LogP contribution in [0.15, 0.2) is 24.3 Å². The van der Waals surface area contributed by atoms with Gasteiger partial charge in [0.2, 0.25) is 0 Å². The van der Waals surface area contributed by atoms with Gasteiger partial charge in [-0.1, -0.05) is 12.1 Å². The second-order valence-electron chi connectivity index (χ2n) is 3.23. The van der Waals surface area contributed by atoms with E-state index in [1.165, 1.54) is 5.56 Å². The number of hydrogen-bond acceptors (Lipinski definition) is 1. The average Bonchev–Trinajstić information content (AvgIpc) is 2.17. The summed E-state index contributed by atoms with van der Waals surface area (Å²) in [5.74, 6) is 0. The summed E-state index contributed by atoms with van der Waals surface area (Å²) in [6.45, 7) is 4.97. The predicted molar refractivity (Wildman–Crippen MR) is 65.9 cm³/mol. The third-order valence-electron chi connectivity index (χ3n) is 2.02. The van der Waals surface area contributed by atoms with Gasteiger partial charge < -0.3 is 10.2 Å². The smallest absolute Gasteiger partial charge is 0.173 e. The fourth-order valence-electron chi connectivity index (χ4n) is 1.22. The molecule has 0 amide bonds. The summed E-state index contributed by atoms with van der Waals surface area (Å²) in [5.41, 5.74) is 2.37. The van der Waals surface area contributed by atoms with E-state index in [2.05, 4.69) is 30.4 Å². The number of nitrogens with zero attached hydrogens (tertiary/aromatic N) is 1. The normalized spacial score (nSPS) is 9.64. The van der Waals surface area contributed by atoms with Crippen LogP contribution in [0.5, 0.6) is 0 Å². The van der Waals surface area contributed by atoms with Crippen LogP contribution in [0.2, 0.25) is 0 Å². The van der Waals surface area contributed by atoms with Crippen LogP contribution in [0, 0.1) is 6.92 Å². The van der Waals surface area contributed by atoms with E-state index < -0.39 is 0 Å². The lowest BCUT2D eigenvalue weighted by Gasteiger charge is -2.20. The van der Waals surface area contributed by atoms with Gasteiger partial charge in [-0.3, -0.25) is 0 Å².